The van der Waals surface area contributed by atoms with Gasteiger partial charge in [-0.2, -0.15) is 0 Å². The lowest BCUT2D eigenvalue weighted by atomic mass is 9.93. The molecular weight excluding hydrogens is 188 g/mol. The molecule has 2 nitrogen and oxygen atoms in total. The molecular formula is C7H14ClF2NO. The fourth-order valence-electron chi connectivity index (χ4n) is 1.29. The Kier molecular flexibility index (Phi) is 4.97. The largest absolute Gasteiger partial charge is 0.381 e. The zero-order valence-electron chi connectivity index (χ0n) is 6.76. The molecule has 0 saturated carbocycles. The molecule has 0 aromatic carbocycles. The predicted octanol–water partition coefficient (Wildman–Crippen LogP) is 1.43. The molecule has 1 saturated heterocycles. The number of hydrogen-bond acceptors (Lipinski definition) is 2. The Morgan fingerprint density at radius 3 is 2.25 bits per heavy atom. The highest BCUT2D eigenvalue weighted by molar-refractivity contribution is 5.85. The lowest BCUT2D eigenvalue weighted by Crippen LogP contribution is -2.39. The topological polar surface area (TPSA) is 35.2 Å². The first-order valence-corrected chi connectivity index (χ1v) is 3.82. The number of nitrogens with two attached hydrogens (primary N) is 1. The molecule has 1 fully saturated rings. The SMILES string of the molecule is Cl.NCC(F)(F)C1CCOCC1. The molecule has 1 aliphatic rings. The average molecular weight is 202 g/mol. The smallest absolute Gasteiger partial charge is 0.263 e. The van der Waals surface area contributed by atoms with Crippen LogP contribution in [0.1, 0.15) is 12.8 Å². The quantitative estimate of drug-likeness (QED) is 0.734. The zero-order chi connectivity index (χ0) is 8.32. The Bertz CT molecular complexity index is 129. The van der Waals surface area contributed by atoms with Crippen molar-refractivity contribution in [2.45, 2.75) is 18.8 Å². The molecule has 0 bridgehead atoms. The van der Waals surface area contributed by atoms with Crippen molar-refractivity contribution in [1.29, 1.82) is 0 Å². The van der Waals surface area contributed by atoms with Gasteiger partial charge in [0.1, 0.15) is 0 Å². The molecule has 74 valence electrons. The van der Waals surface area contributed by atoms with E-state index in [2.05, 4.69) is 0 Å². The Balaban J connectivity index is 0.00000121. The van der Waals surface area contributed by atoms with E-state index < -0.39 is 18.4 Å². The molecule has 5 heteroatoms. The molecule has 2 N–H and O–H groups in total. The second-order valence-corrected chi connectivity index (χ2v) is 2.85. The highest BCUT2D eigenvalue weighted by atomic mass is 35.5. The molecule has 0 aliphatic carbocycles. The van der Waals surface area contributed by atoms with Gasteiger partial charge in [-0.1, -0.05) is 0 Å². The maximum absolute atomic E-state index is 12.9. The van der Waals surface area contributed by atoms with E-state index in [0.717, 1.165) is 0 Å². The van der Waals surface area contributed by atoms with E-state index in [1.54, 1.807) is 0 Å². The van der Waals surface area contributed by atoms with Gasteiger partial charge in [-0.25, -0.2) is 8.78 Å². The summed E-state index contributed by atoms with van der Waals surface area (Å²) in [6.07, 6.45) is 0.869. The van der Waals surface area contributed by atoms with Crippen molar-refractivity contribution in [2.24, 2.45) is 11.7 Å². The molecule has 0 unspecified atom stereocenters. The van der Waals surface area contributed by atoms with Crippen molar-refractivity contribution in [3.63, 3.8) is 0 Å². The first kappa shape index (κ1) is 12.1. The predicted molar refractivity (Wildman–Crippen MR) is 44.8 cm³/mol. The second kappa shape index (κ2) is 4.94. The van der Waals surface area contributed by atoms with Crippen LogP contribution in [-0.4, -0.2) is 25.7 Å². The van der Waals surface area contributed by atoms with E-state index in [4.69, 9.17) is 10.5 Å². The number of rotatable bonds is 2. The normalized spacial score (nSPS) is 20.2. The summed E-state index contributed by atoms with van der Waals surface area (Å²) in [5.41, 5.74) is 4.95. The molecule has 0 amide bonds. The highest BCUT2D eigenvalue weighted by Crippen LogP contribution is 2.31. The summed E-state index contributed by atoms with van der Waals surface area (Å²) < 4.78 is 30.7. The summed E-state index contributed by atoms with van der Waals surface area (Å²) in [4.78, 5) is 0. The molecule has 1 heterocycles. The number of ether oxygens (including phenoxy) is 1. The van der Waals surface area contributed by atoms with Crippen LogP contribution in [0.4, 0.5) is 8.78 Å². The van der Waals surface area contributed by atoms with E-state index in [-0.39, 0.29) is 12.4 Å². The van der Waals surface area contributed by atoms with Crippen LogP contribution in [0.3, 0.4) is 0 Å². The molecule has 12 heavy (non-hydrogen) atoms. The van der Waals surface area contributed by atoms with Crippen LogP contribution in [0.2, 0.25) is 0 Å². The molecule has 0 aromatic rings. The summed E-state index contributed by atoms with van der Waals surface area (Å²) in [5.74, 6) is -3.26. The fraction of sp³-hybridized carbons (Fsp3) is 1.00. The van der Waals surface area contributed by atoms with E-state index in [1.807, 2.05) is 0 Å². The van der Waals surface area contributed by atoms with Crippen LogP contribution in [0.25, 0.3) is 0 Å². The molecule has 0 spiro atoms. The molecule has 1 aliphatic heterocycles. The van der Waals surface area contributed by atoms with Gasteiger partial charge in [0.2, 0.25) is 0 Å². The average Bonchev–Trinajstić information content (AvgIpc) is 2.06. The van der Waals surface area contributed by atoms with E-state index in [9.17, 15) is 8.78 Å². The second-order valence-electron chi connectivity index (χ2n) is 2.85. The first-order chi connectivity index (χ1) is 5.17. The van der Waals surface area contributed by atoms with Crippen LogP contribution < -0.4 is 5.73 Å². The summed E-state index contributed by atoms with van der Waals surface area (Å²) in [6, 6.07) is 0. The number of hydrogen-bond donors (Lipinski definition) is 1. The summed E-state index contributed by atoms with van der Waals surface area (Å²) >= 11 is 0. The Hall–Kier alpha value is 0.0700. The minimum atomic E-state index is -2.69. The van der Waals surface area contributed by atoms with Gasteiger partial charge >= 0.3 is 0 Å². The number of alkyl halides is 2. The van der Waals surface area contributed by atoms with Gasteiger partial charge in [-0.15, -0.1) is 12.4 Å². The van der Waals surface area contributed by atoms with Gasteiger partial charge in [0.15, 0.2) is 0 Å². The van der Waals surface area contributed by atoms with E-state index in [1.165, 1.54) is 0 Å². The summed E-state index contributed by atoms with van der Waals surface area (Å²) in [7, 11) is 0. The van der Waals surface area contributed by atoms with Crippen molar-refractivity contribution in [3.05, 3.63) is 0 Å². The van der Waals surface area contributed by atoms with Crippen molar-refractivity contribution in [3.8, 4) is 0 Å². The van der Waals surface area contributed by atoms with Crippen LogP contribution in [0.15, 0.2) is 0 Å². The molecule has 1 rings (SSSR count). The van der Waals surface area contributed by atoms with Crippen LogP contribution in [0.5, 0.6) is 0 Å². The van der Waals surface area contributed by atoms with Crippen molar-refractivity contribution in [2.75, 3.05) is 19.8 Å². The summed E-state index contributed by atoms with van der Waals surface area (Å²) in [6.45, 7) is 0.345. The van der Waals surface area contributed by atoms with E-state index in [0.29, 0.717) is 26.1 Å². The Morgan fingerprint density at radius 2 is 1.83 bits per heavy atom. The zero-order valence-corrected chi connectivity index (χ0v) is 7.58. The summed E-state index contributed by atoms with van der Waals surface area (Å²) in [5, 5.41) is 0. The first-order valence-electron chi connectivity index (χ1n) is 3.82. The van der Waals surface area contributed by atoms with Crippen LogP contribution in [-0.2, 0) is 4.74 Å². The third-order valence-corrected chi connectivity index (χ3v) is 2.09. The van der Waals surface area contributed by atoms with Crippen molar-refractivity contribution in [1.82, 2.24) is 0 Å². The minimum Gasteiger partial charge on any atom is -0.381 e. The molecule has 0 radical (unpaired) electrons. The molecule has 0 atom stereocenters. The Morgan fingerprint density at radius 1 is 1.33 bits per heavy atom. The third-order valence-electron chi connectivity index (χ3n) is 2.09. The molecule has 0 aromatic heterocycles. The monoisotopic (exact) mass is 201 g/mol. The Labute approximate surface area is 76.9 Å². The standard InChI is InChI=1S/C7H13F2NO.ClH/c8-7(9,5-10)6-1-3-11-4-2-6;/h6H,1-5,10H2;1H. The van der Waals surface area contributed by atoms with Gasteiger partial charge in [0.05, 0.1) is 6.54 Å². The van der Waals surface area contributed by atoms with Gasteiger partial charge in [0, 0.05) is 19.1 Å². The third kappa shape index (κ3) is 2.84. The maximum atomic E-state index is 12.9. The van der Waals surface area contributed by atoms with Crippen molar-refractivity contribution < 1.29 is 13.5 Å². The lowest BCUT2D eigenvalue weighted by Gasteiger charge is -2.28. The lowest BCUT2D eigenvalue weighted by molar-refractivity contribution is -0.0884. The fourth-order valence-corrected chi connectivity index (χ4v) is 1.29. The van der Waals surface area contributed by atoms with Gasteiger partial charge in [0.25, 0.3) is 5.92 Å². The number of halogens is 3. The van der Waals surface area contributed by atoms with Crippen molar-refractivity contribution >= 4 is 12.4 Å². The highest BCUT2D eigenvalue weighted by Gasteiger charge is 2.38. The van der Waals surface area contributed by atoms with E-state index >= 15 is 0 Å². The maximum Gasteiger partial charge on any atom is 0.263 e. The van der Waals surface area contributed by atoms with Gasteiger partial charge in [-0.3, -0.25) is 0 Å². The van der Waals surface area contributed by atoms with Crippen LogP contribution >= 0.6 is 12.4 Å². The van der Waals surface area contributed by atoms with Gasteiger partial charge in [-0.05, 0) is 12.8 Å². The van der Waals surface area contributed by atoms with Gasteiger partial charge < -0.3 is 10.5 Å². The minimum absolute atomic E-state index is 0. The van der Waals surface area contributed by atoms with Crippen LogP contribution in [0, 0.1) is 5.92 Å².